The third kappa shape index (κ3) is 8.80. The first-order chi connectivity index (χ1) is 20.8. The van der Waals surface area contributed by atoms with E-state index in [0.717, 1.165) is 35.0 Å². The number of hydrogen-bond donors (Lipinski definition) is 6. The van der Waals surface area contributed by atoms with E-state index < -0.39 is 6.36 Å². The lowest BCUT2D eigenvalue weighted by molar-refractivity contribution is -0.274. The maximum absolute atomic E-state index is 12.8. The number of H-pyrrole nitrogens is 3. The minimum atomic E-state index is -4.79. The first-order valence-electron chi connectivity index (χ1n) is 13.5. The number of ether oxygens (including phenoxy) is 2. The third-order valence-corrected chi connectivity index (χ3v) is 6.33. The SMILES string of the molecule is O=c1cc(-c2cc(NCCOCCCCNCc3cc(Nc4cn[nH]c4)cc(OC(F)(F)F)c3)c3cn[nH]c3c2)cn[nH]1. The first kappa shape index (κ1) is 29.6. The van der Waals surface area contributed by atoms with E-state index in [1.807, 2.05) is 12.1 Å². The van der Waals surface area contributed by atoms with Crippen LogP contribution in [0, 0.1) is 0 Å². The average molecular weight is 598 g/mol. The second-order valence-corrected chi connectivity index (χ2v) is 9.64. The van der Waals surface area contributed by atoms with Gasteiger partial charge in [0.15, 0.2) is 0 Å². The van der Waals surface area contributed by atoms with Crippen molar-refractivity contribution in [3.05, 3.63) is 77.1 Å². The Balaban J connectivity index is 1.03. The van der Waals surface area contributed by atoms with Crippen LogP contribution in [-0.4, -0.2) is 63.3 Å². The number of anilines is 3. The van der Waals surface area contributed by atoms with Crippen LogP contribution in [0.25, 0.3) is 22.0 Å². The van der Waals surface area contributed by atoms with Gasteiger partial charge in [-0.3, -0.25) is 15.0 Å². The summed E-state index contributed by atoms with van der Waals surface area (Å²) in [5.74, 6) is -0.299. The van der Waals surface area contributed by atoms with Crippen LogP contribution < -0.4 is 26.2 Å². The lowest BCUT2D eigenvalue weighted by Crippen LogP contribution is -2.18. The summed E-state index contributed by atoms with van der Waals surface area (Å²) >= 11 is 0. The summed E-state index contributed by atoms with van der Waals surface area (Å²) in [5.41, 5.74) is 4.65. The Morgan fingerprint density at radius 2 is 1.72 bits per heavy atom. The van der Waals surface area contributed by atoms with Crippen molar-refractivity contribution in [2.24, 2.45) is 0 Å². The molecule has 15 heteroatoms. The van der Waals surface area contributed by atoms with Crippen molar-refractivity contribution in [3.63, 3.8) is 0 Å². The highest BCUT2D eigenvalue weighted by Crippen LogP contribution is 2.30. The van der Waals surface area contributed by atoms with E-state index in [0.29, 0.717) is 55.3 Å². The zero-order valence-corrected chi connectivity index (χ0v) is 22.9. The van der Waals surface area contributed by atoms with Gasteiger partial charge in [0, 0.05) is 60.4 Å². The average Bonchev–Trinajstić information content (AvgIpc) is 3.65. The summed E-state index contributed by atoms with van der Waals surface area (Å²) in [6.07, 6.45) is 3.31. The van der Waals surface area contributed by atoms with Gasteiger partial charge in [-0.05, 0) is 54.8 Å². The molecule has 0 radical (unpaired) electrons. The molecule has 0 saturated carbocycles. The van der Waals surface area contributed by atoms with Crippen molar-refractivity contribution in [2.45, 2.75) is 25.7 Å². The first-order valence-corrected chi connectivity index (χ1v) is 13.5. The number of nitrogens with one attached hydrogen (secondary N) is 6. The number of fused-ring (bicyclic) bond motifs is 1. The van der Waals surface area contributed by atoms with Crippen LogP contribution in [0.2, 0.25) is 0 Å². The predicted octanol–water partition coefficient (Wildman–Crippen LogP) is 4.68. The molecule has 2 aromatic carbocycles. The van der Waals surface area contributed by atoms with Crippen LogP contribution in [-0.2, 0) is 11.3 Å². The topological polar surface area (TPSA) is 158 Å². The Hall–Kier alpha value is -4.89. The number of benzene rings is 2. The summed E-state index contributed by atoms with van der Waals surface area (Å²) < 4.78 is 48.3. The Labute approximate surface area is 243 Å². The van der Waals surface area contributed by atoms with Crippen LogP contribution in [0.1, 0.15) is 18.4 Å². The largest absolute Gasteiger partial charge is 0.573 e. The van der Waals surface area contributed by atoms with E-state index in [1.165, 1.54) is 24.4 Å². The summed E-state index contributed by atoms with van der Waals surface area (Å²) in [4.78, 5) is 11.7. The fraction of sp³-hybridized carbons (Fsp3) is 0.286. The summed E-state index contributed by atoms with van der Waals surface area (Å²) in [5, 5.41) is 30.3. The number of aromatic amines is 3. The predicted molar refractivity (Wildman–Crippen MR) is 155 cm³/mol. The third-order valence-electron chi connectivity index (χ3n) is 6.33. The number of hydrogen-bond acceptors (Lipinski definition) is 9. The van der Waals surface area contributed by atoms with Crippen LogP contribution in [0.3, 0.4) is 0 Å². The van der Waals surface area contributed by atoms with Gasteiger partial charge in [0.25, 0.3) is 5.56 Å². The highest BCUT2D eigenvalue weighted by atomic mass is 19.4. The van der Waals surface area contributed by atoms with Crippen LogP contribution in [0.4, 0.5) is 30.2 Å². The lowest BCUT2D eigenvalue weighted by Gasteiger charge is -2.14. The monoisotopic (exact) mass is 597 g/mol. The molecule has 12 nitrogen and oxygen atoms in total. The minimum absolute atomic E-state index is 0.280. The Kier molecular flexibility index (Phi) is 9.53. The molecule has 0 aliphatic carbocycles. The zero-order valence-electron chi connectivity index (χ0n) is 22.9. The Bertz CT molecular complexity index is 1670. The molecule has 43 heavy (non-hydrogen) atoms. The molecule has 0 aliphatic rings. The number of nitrogens with zero attached hydrogens (tertiary/aromatic N) is 3. The molecule has 0 atom stereocenters. The van der Waals surface area contributed by atoms with Gasteiger partial charge in [-0.15, -0.1) is 13.2 Å². The maximum Gasteiger partial charge on any atom is 0.573 e. The van der Waals surface area contributed by atoms with Crippen LogP contribution >= 0.6 is 0 Å². The van der Waals surface area contributed by atoms with Gasteiger partial charge < -0.3 is 25.4 Å². The second-order valence-electron chi connectivity index (χ2n) is 9.64. The Morgan fingerprint density at radius 3 is 2.53 bits per heavy atom. The lowest BCUT2D eigenvalue weighted by atomic mass is 10.1. The molecule has 0 unspecified atom stereocenters. The van der Waals surface area contributed by atoms with Crippen LogP contribution in [0.5, 0.6) is 5.75 Å². The van der Waals surface area contributed by atoms with Crippen molar-refractivity contribution >= 4 is 28.0 Å². The van der Waals surface area contributed by atoms with E-state index in [4.69, 9.17) is 4.74 Å². The highest BCUT2D eigenvalue weighted by molar-refractivity contribution is 5.95. The molecule has 3 heterocycles. The molecule has 5 rings (SSSR count). The molecule has 0 aliphatic heterocycles. The maximum atomic E-state index is 12.8. The molecule has 226 valence electrons. The molecule has 6 N–H and O–H groups in total. The number of aromatic nitrogens is 6. The number of alkyl halides is 3. The fourth-order valence-corrected chi connectivity index (χ4v) is 4.46. The van der Waals surface area contributed by atoms with Gasteiger partial charge in [0.1, 0.15) is 5.75 Å². The van der Waals surface area contributed by atoms with E-state index in [1.54, 1.807) is 24.7 Å². The number of rotatable bonds is 15. The molecule has 3 aromatic heterocycles. The van der Waals surface area contributed by atoms with Crippen molar-refractivity contribution < 1.29 is 22.6 Å². The van der Waals surface area contributed by atoms with Gasteiger partial charge in [-0.2, -0.15) is 15.3 Å². The highest BCUT2D eigenvalue weighted by Gasteiger charge is 2.31. The van der Waals surface area contributed by atoms with E-state index in [2.05, 4.69) is 51.3 Å². The standard InChI is InChI=1S/C28H30F3N9O3/c29-28(30,31)43-23-8-18(7-21(12-23)38-22-15-34-35-16-22)13-32-3-1-2-5-42-6-4-33-25-9-19(10-26-24(25)17-37-39-26)20-11-27(41)40-36-14-20/h7-12,14-17,32-33,38H,1-6,13H2,(H,34,35)(H,37,39)(H,40,41). The molecule has 0 bridgehead atoms. The smallest absolute Gasteiger partial charge is 0.406 e. The molecular weight excluding hydrogens is 567 g/mol. The minimum Gasteiger partial charge on any atom is -0.406 e. The van der Waals surface area contributed by atoms with Gasteiger partial charge in [0.2, 0.25) is 0 Å². The van der Waals surface area contributed by atoms with Gasteiger partial charge in [-0.1, -0.05) is 0 Å². The van der Waals surface area contributed by atoms with E-state index >= 15 is 0 Å². The number of halogens is 3. The quantitative estimate of drug-likeness (QED) is 0.0943. The van der Waals surface area contributed by atoms with Gasteiger partial charge in [0.05, 0.1) is 36.4 Å². The molecular formula is C28H30F3N9O3. The van der Waals surface area contributed by atoms with E-state index in [9.17, 15) is 18.0 Å². The summed E-state index contributed by atoms with van der Waals surface area (Å²) in [6, 6.07) is 9.75. The Morgan fingerprint density at radius 1 is 0.837 bits per heavy atom. The molecule has 0 saturated heterocycles. The van der Waals surface area contributed by atoms with E-state index in [-0.39, 0.29) is 11.3 Å². The fourth-order valence-electron chi connectivity index (χ4n) is 4.46. The molecule has 0 amide bonds. The van der Waals surface area contributed by atoms with Crippen LogP contribution in [0.15, 0.2) is 66.0 Å². The van der Waals surface area contributed by atoms with Gasteiger partial charge in [-0.25, -0.2) is 5.10 Å². The number of unbranched alkanes of at least 4 members (excludes halogenated alkanes) is 1. The summed E-state index contributed by atoms with van der Waals surface area (Å²) in [7, 11) is 0. The van der Waals surface area contributed by atoms with Crippen molar-refractivity contribution in [1.82, 2.24) is 35.9 Å². The second kappa shape index (κ2) is 13.8. The van der Waals surface area contributed by atoms with Gasteiger partial charge >= 0.3 is 6.36 Å². The zero-order chi connectivity index (χ0) is 30.1. The van der Waals surface area contributed by atoms with Crippen molar-refractivity contribution in [2.75, 3.05) is 36.9 Å². The van der Waals surface area contributed by atoms with Crippen molar-refractivity contribution in [1.29, 1.82) is 0 Å². The normalized spacial score (nSPS) is 11.6. The molecule has 0 spiro atoms. The molecule has 0 fully saturated rings. The molecule has 5 aromatic rings. The van der Waals surface area contributed by atoms with Crippen molar-refractivity contribution in [3.8, 4) is 16.9 Å². The summed E-state index contributed by atoms with van der Waals surface area (Å²) in [6.45, 7) is 2.66.